The first-order valence-corrected chi connectivity index (χ1v) is 4.73. The minimum Gasteiger partial charge on any atom is -0.497 e. The average Bonchev–Trinajstić information content (AvgIpc) is 2.29. The summed E-state index contributed by atoms with van der Waals surface area (Å²) in [5, 5.41) is 2.74. The Balaban J connectivity index is 0.00000225. The molecule has 0 atom stereocenters. The van der Waals surface area contributed by atoms with Gasteiger partial charge < -0.3 is 14.8 Å². The van der Waals surface area contributed by atoms with Crippen molar-refractivity contribution in [2.24, 2.45) is 0 Å². The van der Waals surface area contributed by atoms with Crippen LogP contribution in [0.3, 0.4) is 0 Å². The van der Waals surface area contributed by atoms with Crippen LogP contribution < -0.4 is 14.8 Å². The number of amides is 1. The van der Waals surface area contributed by atoms with E-state index in [1.54, 1.807) is 39.3 Å². The van der Waals surface area contributed by atoms with Gasteiger partial charge in [-0.05, 0) is 12.1 Å². The Bertz CT molecular complexity index is 355. The fourth-order valence-electron chi connectivity index (χ4n) is 1.14. The van der Waals surface area contributed by atoms with E-state index in [1.807, 2.05) is 0 Å². The summed E-state index contributed by atoms with van der Waals surface area (Å²) in [4.78, 5) is 11.2. The SMILES string of the molecule is CCC(=O)Nc1ccc(OC)cc1OC.[HH]. The smallest absolute Gasteiger partial charge is 0.224 e. The van der Waals surface area contributed by atoms with Gasteiger partial charge in [0.2, 0.25) is 5.91 Å². The number of carbonyl (C=O) groups excluding carboxylic acids is 1. The number of benzene rings is 1. The van der Waals surface area contributed by atoms with Gasteiger partial charge in [-0.3, -0.25) is 4.79 Å². The molecule has 0 heterocycles. The van der Waals surface area contributed by atoms with Crippen LogP contribution in [0.1, 0.15) is 14.8 Å². The maximum Gasteiger partial charge on any atom is 0.224 e. The summed E-state index contributed by atoms with van der Waals surface area (Å²) < 4.78 is 10.2. The Morgan fingerprint density at radius 3 is 2.67 bits per heavy atom. The first-order chi connectivity index (χ1) is 7.21. The van der Waals surface area contributed by atoms with Gasteiger partial charge in [0, 0.05) is 13.9 Å². The summed E-state index contributed by atoms with van der Waals surface area (Å²) in [6.07, 6.45) is 0.440. The van der Waals surface area contributed by atoms with Gasteiger partial charge in [-0.15, -0.1) is 0 Å². The van der Waals surface area contributed by atoms with Crippen molar-refractivity contribution in [3.05, 3.63) is 18.2 Å². The summed E-state index contributed by atoms with van der Waals surface area (Å²) in [6.45, 7) is 1.80. The largest absolute Gasteiger partial charge is 0.497 e. The van der Waals surface area contributed by atoms with Gasteiger partial charge in [0.15, 0.2) is 0 Å². The lowest BCUT2D eigenvalue weighted by Crippen LogP contribution is -2.10. The van der Waals surface area contributed by atoms with Crippen molar-refractivity contribution in [3.63, 3.8) is 0 Å². The van der Waals surface area contributed by atoms with Gasteiger partial charge in [-0.1, -0.05) is 6.92 Å². The second-order valence-corrected chi connectivity index (χ2v) is 2.97. The molecule has 0 aliphatic carbocycles. The molecule has 1 rings (SSSR count). The van der Waals surface area contributed by atoms with Crippen LogP contribution in [0.15, 0.2) is 18.2 Å². The van der Waals surface area contributed by atoms with E-state index in [4.69, 9.17) is 9.47 Å². The summed E-state index contributed by atoms with van der Waals surface area (Å²) in [5.41, 5.74) is 0.658. The van der Waals surface area contributed by atoms with Crippen molar-refractivity contribution in [1.29, 1.82) is 0 Å². The number of carbonyl (C=O) groups is 1. The standard InChI is InChI=1S/C11H15NO3.H2/c1-4-11(13)12-9-6-5-8(14-2)7-10(9)15-3;/h5-7H,4H2,1-3H3,(H,12,13);1H. The van der Waals surface area contributed by atoms with Gasteiger partial charge in [0.05, 0.1) is 19.9 Å². The topological polar surface area (TPSA) is 47.6 Å². The van der Waals surface area contributed by atoms with E-state index in [0.29, 0.717) is 23.6 Å². The molecule has 1 amide bonds. The molecule has 0 saturated heterocycles. The van der Waals surface area contributed by atoms with E-state index >= 15 is 0 Å². The Morgan fingerprint density at radius 1 is 1.40 bits per heavy atom. The van der Waals surface area contributed by atoms with Crippen LogP contribution in [0, 0.1) is 0 Å². The maximum atomic E-state index is 11.2. The molecule has 0 unspecified atom stereocenters. The van der Waals surface area contributed by atoms with Crippen LogP contribution in [0.4, 0.5) is 5.69 Å². The van der Waals surface area contributed by atoms with Crippen molar-refractivity contribution in [2.75, 3.05) is 19.5 Å². The lowest BCUT2D eigenvalue weighted by molar-refractivity contribution is -0.115. The molecule has 84 valence electrons. The third-order valence-corrected chi connectivity index (χ3v) is 2.00. The molecular formula is C11H17NO3. The quantitative estimate of drug-likeness (QED) is 0.831. The van der Waals surface area contributed by atoms with Crippen molar-refractivity contribution in [2.45, 2.75) is 13.3 Å². The monoisotopic (exact) mass is 211 g/mol. The van der Waals surface area contributed by atoms with E-state index in [9.17, 15) is 4.79 Å². The van der Waals surface area contributed by atoms with Crippen molar-refractivity contribution < 1.29 is 15.7 Å². The number of rotatable bonds is 4. The van der Waals surface area contributed by atoms with Crippen LogP contribution in [0.5, 0.6) is 11.5 Å². The summed E-state index contributed by atoms with van der Waals surface area (Å²) in [6, 6.07) is 5.25. The molecule has 4 nitrogen and oxygen atoms in total. The highest BCUT2D eigenvalue weighted by Gasteiger charge is 2.06. The Morgan fingerprint density at radius 2 is 2.13 bits per heavy atom. The van der Waals surface area contributed by atoms with Crippen LogP contribution in [0.2, 0.25) is 0 Å². The van der Waals surface area contributed by atoms with Gasteiger partial charge in [-0.25, -0.2) is 0 Å². The van der Waals surface area contributed by atoms with E-state index in [0.717, 1.165) is 0 Å². The number of anilines is 1. The molecule has 1 aromatic carbocycles. The minimum atomic E-state index is -0.0431. The second kappa shape index (κ2) is 5.24. The lowest BCUT2D eigenvalue weighted by atomic mass is 10.2. The first-order valence-electron chi connectivity index (χ1n) is 4.73. The van der Waals surface area contributed by atoms with E-state index < -0.39 is 0 Å². The van der Waals surface area contributed by atoms with Crippen molar-refractivity contribution in [3.8, 4) is 11.5 Å². The predicted molar refractivity (Wildman–Crippen MR) is 60.6 cm³/mol. The summed E-state index contributed by atoms with van der Waals surface area (Å²) in [7, 11) is 3.13. The molecule has 0 radical (unpaired) electrons. The lowest BCUT2D eigenvalue weighted by Gasteiger charge is -2.10. The Kier molecular flexibility index (Phi) is 3.97. The van der Waals surface area contributed by atoms with Crippen LogP contribution in [-0.2, 0) is 4.79 Å². The molecule has 15 heavy (non-hydrogen) atoms. The maximum absolute atomic E-state index is 11.2. The van der Waals surface area contributed by atoms with E-state index in [1.165, 1.54) is 0 Å². The summed E-state index contributed by atoms with van der Waals surface area (Å²) in [5.74, 6) is 1.25. The Labute approximate surface area is 90.7 Å². The number of methoxy groups -OCH3 is 2. The molecule has 0 fully saturated rings. The van der Waals surface area contributed by atoms with Gasteiger partial charge in [0.25, 0.3) is 0 Å². The molecule has 0 bridgehead atoms. The third-order valence-electron chi connectivity index (χ3n) is 2.00. The molecule has 0 aliphatic heterocycles. The molecule has 0 aliphatic rings. The average molecular weight is 211 g/mol. The highest BCUT2D eigenvalue weighted by Crippen LogP contribution is 2.28. The zero-order chi connectivity index (χ0) is 11.3. The molecule has 0 saturated carbocycles. The highest BCUT2D eigenvalue weighted by molar-refractivity contribution is 5.92. The van der Waals surface area contributed by atoms with E-state index in [-0.39, 0.29) is 7.33 Å². The molecule has 1 N–H and O–H groups in total. The Hall–Kier alpha value is -1.71. The first kappa shape index (κ1) is 11.4. The molecule has 0 spiro atoms. The zero-order valence-electron chi connectivity index (χ0n) is 9.16. The van der Waals surface area contributed by atoms with Crippen LogP contribution in [0.25, 0.3) is 0 Å². The molecule has 1 aromatic rings. The van der Waals surface area contributed by atoms with Gasteiger partial charge in [0.1, 0.15) is 11.5 Å². The fourth-order valence-corrected chi connectivity index (χ4v) is 1.14. The molecule has 0 aromatic heterocycles. The third kappa shape index (κ3) is 2.87. The minimum absolute atomic E-state index is 0. The molecular weight excluding hydrogens is 194 g/mol. The number of hydrogen-bond acceptors (Lipinski definition) is 3. The van der Waals surface area contributed by atoms with Crippen LogP contribution >= 0.6 is 0 Å². The van der Waals surface area contributed by atoms with E-state index in [2.05, 4.69) is 5.32 Å². The summed E-state index contributed by atoms with van der Waals surface area (Å²) >= 11 is 0. The second-order valence-electron chi connectivity index (χ2n) is 2.97. The fraction of sp³-hybridized carbons (Fsp3) is 0.364. The van der Waals surface area contributed by atoms with Crippen molar-refractivity contribution >= 4 is 11.6 Å². The number of hydrogen-bond donors (Lipinski definition) is 1. The van der Waals surface area contributed by atoms with Crippen molar-refractivity contribution in [1.82, 2.24) is 0 Å². The van der Waals surface area contributed by atoms with Crippen LogP contribution in [-0.4, -0.2) is 20.1 Å². The zero-order valence-corrected chi connectivity index (χ0v) is 9.16. The van der Waals surface area contributed by atoms with Gasteiger partial charge in [-0.2, -0.15) is 0 Å². The highest BCUT2D eigenvalue weighted by atomic mass is 16.5. The number of nitrogens with one attached hydrogen (secondary N) is 1. The van der Waals surface area contributed by atoms with Gasteiger partial charge >= 0.3 is 0 Å². The normalized spacial score (nSPS) is 9.53. The number of ether oxygens (including phenoxy) is 2. The predicted octanol–water partition coefficient (Wildman–Crippen LogP) is 2.30. The molecule has 4 heteroatoms.